The molecule has 0 aliphatic carbocycles. The van der Waals surface area contributed by atoms with Gasteiger partial charge in [0.15, 0.2) is 0 Å². The van der Waals surface area contributed by atoms with Gasteiger partial charge in [-0.2, -0.15) is 11.8 Å². The molecule has 0 fully saturated rings. The van der Waals surface area contributed by atoms with Gasteiger partial charge in [-0.1, -0.05) is 36.4 Å². The Morgan fingerprint density at radius 1 is 1.18 bits per heavy atom. The minimum Gasteiger partial charge on any atom is -0.478 e. The van der Waals surface area contributed by atoms with Crippen molar-refractivity contribution in [2.45, 2.75) is 12.2 Å². The highest BCUT2D eigenvalue weighted by Gasteiger charge is 2.13. The van der Waals surface area contributed by atoms with E-state index in [1.54, 1.807) is 12.1 Å². The Balaban J connectivity index is 1.28. The summed E-state index contributed by atoms with van der Waals surface area (Å²) in [4.78, 5) is 16.9. The smallest absolute Gasteiger partial charge is 0.335 e. The number of hydrogen-bond acceptors (Lipinski definition) is 3. The van der Waals surface area contributed by atoms with Crippen LogP contribution in [-0.2, 0) is 5.75 Å². The minimum atomic E-state index is -0.880. The summed E-state index contributed by atoms with van der Waals surface area (Å²) in [7, 11) is 0. The van der Waals surface area contributed by atoms with Crippen LogP contribution in [0.2, 0.25) is 0 Å². The number of aromatic carboxylic acids is 1. The van der Waals surface area contributed by atoms with Crippen LogP contribution < -0.4 is 0 Å². The SMILES string of the molecule is O=C(O)c1ccc2[nH]cc(CSCCN3CC=C(c4ccccc4)CC3)c2c1. The molecule has 0 bridgehead atoms. The second-order valence-electron chi connectivity index (χ2n) is 7.08. The molecule has 2 heterocycles. The number of aromatic amines is 1. The number of carbonyl (C=O) groups is 1. The second-order valence-corrected chi connectivity index (χ2v) is 8.18. The summed E-state index contributed by atoms with van der Waals surface area (Å²) in [5.41, 5.74) is 5.31. The molecule has 0 spiro atoms. The third-order valence-corrected chi connectivity index (χ3v) is 6.25. The highest BCUT2D eigenvalue weighted by atomic mass is 32.2. The summed E-state index contributed by atoms with van der Waals surface area (Å²) >= 11 is 1.90. The van der Waals surface area contributed by atoms with Crippen molar-refractivity contribution < 1.29 is 9.90 Å². The minimum absolute atomic E-state index is 0.340. The van der Waals surface area contributed by atoms with Crippen LogP contribution in [0.15, 0.2) is 60.8 Å². The van der Waals surface area contributed by atoms with Gasteiger partial charge in [-0.25, -0.2) is 4.79 Å². The molecular formula is C23H24N2O2S. The Morgan fingerprint density at radius 3 is 2.79 bits per heavy atom. The van der Waals surface area contributed by atoms with E-state index in [1.165, 1.54) is 16.7 Å². The normalized spacial score (nSPS) is 14.9. The van der Waals surface area contributed by atoms with Crippen LogP contribution in [0.1, 0.15) is 27.9 Å². The average molecular weight is 393 g/mol. The quantitative estimate of drug-likeness (QED) is 0.562. The predicted molar refractivity (Wildman–Crippen MR) is 117 cm³/mol. The molecule has 0 atom stereocenters. The maximum absolute atomic E-state index is 11.2. The Morgan fingerprint density at radius 2 is 2.04 bits per heavy atom. The maximum Gasteiger partial charge on any atom is 0.335 e. The van der Waals surface area contributed by atoms with Gasteiger partial charge in [0, 0.05) is 48.2 Å². The topological polar surface area (TPSA) is 56.3 Å². The first-order chi connectivity index (χ1) is 13.7. The van der Waals surface area contributed by atoms with Crippen LogP contribution in [0.25, 0.3) is 16.5 Å². The van der Waals surface area contributed by atoms with Crippen LogP contribution in [0.5, 0.6) is 0 Å². The van der Waals surface area contributed by atoms with Crippen molar-refractivity contribution in [3.63, 3.8) is 0 Å². The van der Waals surface area contributed by atoms with E-state index in [0.29, 0.717) is 5.56 Å². The first-order valence-electron chi connectivity index (χ1n) is 9.58. The fourth-order valence-electron chi connectivity index (χ4n) is 3.64. The first kappa shape index (κ1) is 18.8. The molecule has 0 amide bonds. The number of carboxylic acids is 1. The standard InChI is InChI=1S/C23H24N2O2S/c26-23(27)19-6-7-22-21(14-19)20(15-24-22)16-28-13-12-25-10-8-18(9-11-25)17-4-2-1-3-5-17/h1-8,14-15,24H,9-13,16H2,(H,26,27). The summed E-state index contributed by atoms with van der Waals surface area (Å²) < 4.78 is 0. The lowest BCUT2D eigenvalue weighted by molar-refractivity contribution is 0.0697. The number of nitrogens with one attached hydrogen (secondary N) is 1. The third-order valence-electron chi connectivity index (χ3n) is 5.26. The van der Waals surface area contributed by atoms with E-state index in [4.69, 9.17) is 0 Å². The summed E-state index contributed by atoms with van der Waals surface area (Å²) in [6.45, 7) is 3.20. The number of fused-ring (bicyclic) bond motifs is 1. The van der Waals surface area contributed by atoms with Gasteiger partial charge >= 0.3 is 5.97 Å². The Labute approximate surface area is 169 Å². The van der Waals surface area contributed by atoms with Gasteiger partial charge in [0.2, 0.25) is 0 Å². The van der Waals surface area contributed by atoms with Crippen molar-refractivity contribution >= 4 is 34.2 Å². The van der Waals surface area contributed by atoms with E-state index in [2.05, 4.69) is 46.3 Å². The van der Waals surface area contributed by atoms with E-state index in [9.17, 15) is 9.90 Å². The van der Waals surface area contributed by atoms with Gasteiger partial charge in [-0.15, -0.1) is 0 Å². The van der Waals surface area contributed by atoms with Crippen LogP contribution in [-0.4, -0.2) is 46.3 Å². The van der Waals surface area contributed by atoms with Gasteiger partial charge < -0.3 is 10.1 Å². The summed E-state index contributed by atoms with van der Waals surface area (Å²) in [6, 6.07) is 15.9. The molecule has 3 aromatic rings. The monoisotopic (exact) mass is 392 g/mol. The molecule has 1 aliphatic rings. The second kappa shape index (κ2) is 8.67. The van der Waals surface area contributed by atoms with Crippen molar-refractivity contribution in [1.82, 2.24) is 9.88 Å². The van der Waals surface area contributed by atoms with Crippen molar-refractivity contribution in [1.29, 1.82) is 0 Å². The molecule has 0 saturated carbocycles. The van der Waals surface area contributed by atoms with Crippen molar-refractivity contribution in [2.24, 2.45) is 0 Å². The van der Waals surface area contributed by atoms with Gasteiger partial charge in [-0.05, 0) is 41.3 Å². The van der Waals surface area contributed by atoms with E-state index in [0.717, 1.165) is 48.5 Å². The molecule has 2 N–H and O–H groups in total. The lowest BCUT2D eigenvalue weighted by Gasteiger charge is -2.26. The molecule has 5 heteroatoms. The fourth-order valence-corrected chi connectivity index (χ4v) is 4.63. The number of hydrogen-bond donors (Lipinski definition) is 2. The number of H-pyrrole nitrogens is 1. The van der Waals surface area contributed by atoms with Gasteiger partial charge in [0.05, 0.1) is 5.56 Å². The van der Waals surface area contributed by atoms with E-state index < -0.39 is 5.97 Å². The largest absolute Gasteiger partial charge is 0.478 e. The summed E-state index contributed by atoms with van der Waals surface area (Å²) in [5.74, 6) is 1.08. The molecule has 4 nitrogen and oxygen atoms in total. The molecule has 0 radical (unpaired) electrons. The molecule has 1 aliphatic heterocycles. The molecular weight excluding hydrogens is 368 g/mol. The van der Waals surface area contributed by atoms with E-state index >= 15 is 0 Å². The third kappa shape index (κ3) is 4.32. The number of nitrogens with zero attached hydrogens (tertiary/aromatic N) is 1. The zero-order valence-corrected chi connectivity index (χ0v) is 16.5. The summed E-state index contributed by atoms with van der Waals surface area (Å²) in [6.07, 6.45) is 5.46. The lowest BCUT2D eigenvalue weighted by Crippen LogP contribution is -2.30. The lowest BCUT2D eigenvalue weighted by atomic mass is 10.00. The zero-order valence-electron chi connectivity index (χ0n) is 15.7. The molecule has 1 aromatic heterocycles. The molecule has 4 rings (SSSR count). The Bertz CT molecular complexity index is 994. The van der Waals surface area contributed by atoms with Crippen LogP contribution in [0, 0.1) is 0 Å². The number of benzene rings is 2. The van der Waals surface area contributed by atoms with Crippen LogP contribution >= 0.6 is 11.8 Å². The number of carboxylic acid groups (broad SMARTS) is 1. The maximum atomic E-state index is 11.2. The van der Waals surface area contributed by atoms with Gasteiger partial charge in [0.25, 0.3) is 0 Å². The average Bonchev–Trinajstić information content (AvgIpc) is 3.14. The molecule has 0 saturated heterocycles. The number of thioether (sulfide) groups is 1. The molecule has 144 valence electrons. The van der Waals surface area contributed by atoms with Gasteiger partial charge in [0.1, 0.15) is 0 Å². The highest BCUT2D eigenvalue weighted by Crippen LogP contribution is 2.25. The zero-order chi connectivity index (χ0) is 19.3. The van der Waals surface area contributed by atoms with Crippen molar-refractivity contribution in [3.8, 4) is 0 Å². The van der Waals surface area contributed by atoms with Crippen molar-refractivity contribution in [2.75, 3.05) is 25.4 Å². The van der Waals surface area contributed by atoms with E-state index in [1.807, 2.05) is 24.0 Å². The highest BCUT2D eigenvalue weighted by molar-refractivity contribution is 7.98. The first-order valence-corrected chi connectivity index (χ1v) is 10.7. The van der Waals surface area contributed by atoms with E-state index in [-0.39, 0.29) is 0 Å². The predicted octanol–water partition coefficient (Wildman–Crippen LogP) is 4.89. The van der Waals surface area contributed by atoms with Crippen LogP contribution in [0.4, 0.5) is 0 Å². The molecule has 28 heavy (non-hydrogen) atoms. The molecule has 0 unspecified atom stereocenters. The summed E-state index contributed by atoms with van der Waals surface area (Å²) in [5, 5.41) is 10.2. The van der Waals surface area contributed by atoms with Crippen LogP contribution in [0.3, 0.4) is 0 Å². The van der Waals surface area contributed by atoms with Crippen molar-refractivity contribution in [3.05, 3.63) is 77.5 Å². The Kier molecular flexibility index (Phi) is 5.84. The number of rotatable bonds is 7. The van der Waals surface area contributed by atoms with Gasteiger partial charge in [-0.3, -0.25) is 4.90 Å². The fraction of sp³-hybridized carbons (Fsp3) is 0.261. The molecule has 2 aromatic carbocycles. The Hall–Kier alpha value is -2.50. The number of aromatic nitrogens is 1.